The van der Waals surface area contributed by atoms with E-state index >= 15 is 0 Å². The Balaban J connectivity index is 2.34. The van der Waals surface area contributed by atoms with Crippen LogP contribution in [0.2, 0.25) is 0 Å². The molecule has 0 aliphatic heterocycles. The number of hydrogen-bond donors (Lipinski definition) is 2. The average molecular weight is 337 g/mol. The van der Waals surface area contributed by atoms with Crippen LogP contribution in [0.4, 0.5) is 0 Å². The van der Waals surface area contributed by atoms with Gasteiger partial charge in [0.25, 0.3) is 0 Å². The standard InChI is InChI=1S/C15H21BrN4/c1-4-11-7-5-6-8-12(11)13(18-17)9-14-15(16)10(2)19-20(14)3/h5-8,13,18H,4,9,17H2,1-3H3. The summed E-state index contributed by atoms with van der Waals surface area (Å²) in [6.45, 7) is 4.16. The van der Waals surface area contributed by atoms with Crippen molar-refractivity contribution in [2.75, 3.05) is 0 Å². The minimum atomic E-state index is 0.0808. The van der Waals surface area contributed by atoms with Gasteiger partial charge in [-0.15, -0.1) is 0 Å². The van der Waals surface area contributed by atoms with E-state index in [2.05, 4.69) is 57.6 Å². The van der Waals surface area contributed by atoms with Gasteiger partial charge in [0, 0.05) is 13.5 Å². The SMILES string of the molecule is CCc1ccccc1C(Cc1c(Br)c(C)nn1C)NN. The van der Waals surface area contributed by atoms with Crippen LogP contribution in [-0.4, -0.2) is 9.78 Å². The van der Waals surface area contributed by atoms with E-state index in [0.717, 1.165) is 28.7 Å². The number of nitrogens with zero attached hydrogens (tertiary/aromatic N) is 2. The van der Waals surface area contributed by atoms with Crippen molar-refractivity contribution in [1.29, 1.82) is 0 Å². The Labute approximate surface area is 128 Å². The van der Waals surface area contributed by atoms with Gasteiger partial charge in [0.05, 0.1) is 21.9 Å². The molecular formula is C15H21BrN4. The lowest BCUT2D eigenvalue weighted by Gasteiger charge is -2.19. The summed E-state index contributed by atoms with van der Waals surface area (Å²) >= 11 is 3.61. The fraction of sp³-hybridized carbons (Fsp3) is 0.400. The number of nitrogens with two attached hydrogens (primary N) is 1. The number of aryl methyl sites for hydroxylation is 3. The molecule has 1 aromatic carbocycles. The maximum atomic E-state index is 5.79. The fourth-order valence-electron chi connectivity index (χ4n) is 2.55. The number of hydrogen-bond acceptors (Lipinski definition) is 3. The summed E-state index contributed by atoms with van der Waals surface area (Å²) in [4.78, 5) is 0. The van der Waals surface area contributed by atoms with Crippen molar-refractivity contribution >= 4 is 15.9 Å². The highest BCUT2D eigenvalue weighted by Crippen LogP contribution is 2.27. The van der Waals surface area contributed by atoms with Crippen molar-refractivity contribution in [3.63, 3.8) is 0 Å². The second-order valence-corrected chi connectivity index (χ2v) is 5.74. The lowest BCUT2D eigenvalue weighted by atomic mass is 9.96. The maximum Gasteiger partial charge on any atom is 0.0738 e. The maximum absolute atomic E-state index is 5.79. The molecule has 1 heterocycles. The van der Waals surface area contributed by atoms with Crippen LogP contribution in [0.3, 0.4) is 0 Å². The Kier molecular flexibility index (Phi) is 4.96. The van der Waals surface area contributed by atoms with Gasteiger partial charge in [0.15, 0.2) is 0 Å². The van der Waals surface area contributed by atoms with Crippen LogP contribution >= 0.6 is 15.9 Å². The van der Waals surface area contributed by atoms with Gasteiger partial charge in [0.2, 0.25) is 0 Å². The summed E-state index contributed by atoms with van der Waals surface area (Å²) in [6, 6.07) is 8.50. The van der Waals surface area contributed by atoms with Crippen LogP contribution in [0.15, 0.2) is 28.7 Å². The van der Waals surface area contributed by atoms with Crippen LogP contribution in [0.5, 0.6) is 0 Å². The third-order valence-corrected chi connectivity index (χ3v) is 4.70. The summed E-state index contributed by atoms with van der Waals surface area (Å²) in [7, 11) is 1.96. The minimum Gasteiger partial charge on any atom is -0.271 e. The Hall–Kier alpha value is -1.17. The van der Waals surface area contributed by atoms with Gasteiger partial charge in [-0.25, -0.2) is 0 Å². The molecule has 1 unspecified atom stereocenters. The summed E-state index contributed by atoms with van der Waals surface area (Å²) < 4.78 is 2.98. The van der Waals surface area contributed by atoms with E-state index in [9.17, 15) is 0 Å². The molecule has 0 saturated carbocycles. The zero-order valence-electron chi connectivity index (χ0n) is 12.2. The Morgan fingerprint density at radius 3 is 2.65 bits per heavy atom. The van der Waals surface area contributed by atoms with Crippen molar-refractivity contribution < 1.29 is 0 Å². The molecule has 0 radical (unpaired) electrons. The highest BCUT2D eigenvalue weighted by atomic mass is 79.9. The van der Waals surface area contributed by atoms with Crippen LogP contribution in [0.1, 0.15) is 35.5 Å². The third kappa shape index (κ3) is 2.95. The van der Waals surface area contributed by atoms with Gasteiger partial charge in [-0.2, -0.15) is 5.10 Å². The number of benzene rings is 1. The number of rotatable bonds is 5. The monoisotopic (exact) mass is 336 g/mol. The van der Waals surface area contributed by atoms with Crippen molar-refractivity contribution in [3.8, 4) is 0 Å². The van der Waals surface area contributed by atoms with E-state index in [4.69, 9.17) is 5.84 Å². The quantitative estimate of drug-likeness (QED) is 0.652. The van der Waals surface area contributed by atoms with E-state index in [0.29, 0.717) is 0 Å². The minimum absolute atomic E-state index is 0.0808. The second kappa shape index (κ2) is 6.52. The molecule has 4 nitrogen and oxygen atoms in total. The molecule has 1 atom stereocenters. The molecule has 0 bridgehead atoms. The molecule has 0 aliphatic rings. The first-order chi connectivity index (χ1) is 9.58. The first kappa shape index (κ1) is 15.2. The van der Waals surface area contributed by atoms with Crippen LogP contribution in [-0.2, 0) is 19.9 Å². The fourth-order valence-corrected chi connectivity index (χ4v) is 3.05. The van der Waals surface area contributed by atoms with E-state index in [1.54, 1.807) is 0 Å². The molecule has 2 aromatic rings. The largest absolute Gasteiger partial charge is 0.271 e. The Bertz CT molecular complexity index is 592. The third-order valence-electron chi connectivity index (χ3n) is 3.67. The van der Waals surface area contributed by atoms with Crippen molar-refractivity contribution in [2.45, 2.75) is 32.7 Å². The van der Waals surface area contributed by atoms with Gasteiger partial charge in [-0.1, -0.05) is 31.2 Å². The molecule has 0 spiro atoms. The zero-order valence-corrected chi connectivity index (χ0v) is 13.7. The number of nitrogens with one attached hydrogen (secondary N) is 1. The molecule has 0 fully saturated rings. The van der Waals surface area contributed by atoms with Gasteiger partial charge in [0.1, 0.15) is 0 Å². The van der Waals surface area contributed by atoms with Gasteiger partial charge >= 0.3 is 0 Å². The van der Waals surface area contributed by atoms with E-state index in [1.807, 2.05) is 18.7 Å². The van der Waals surface area contributed by atoms with E-state index < -0.39 is 0 Å². The first-order valence-electron chi connectivity index (χ1n) is 6.80. The smallest absolute Gasteiger partial charge is 0.0738 e. The number of aromatic nitrogens is 2. The van der Waals surface area contributed by atoms with Crippen molar-refractivity contribution in [1.82, 2.24) is 15.2 Å². The zero-order chi connectivity index (χ0) is 14.7. The molecule has 0 amide bonds. The highest BCUT2D eigenvalue weighted by Gasteiger charge is 2.19. The predicted octanol–water partition coefficient (Wildman–Crippen LogP) is 2.80. The topological polar surface area (TPSA) is 55.9 Å². The molecule has 1 aromatic heterocycles. The van der Waals surface area contributed by atoms with E-state index in [-0.39, 0.29) is 6.04 Å². The normalized spacial score (nSPS) is 12.7. The van der Waals surface area contributed by atoms with Gasteiger partial charge in [-0.05, 0) is 40.4 Å². The van der Waals surface area contributed by atoms with Crippen LogP contribution < -0.4 is 11.3 Å². The average Bonchev–Trinajstić information content (AvgIpc) is 2.70. The van der Waals surface area contributed by atoms with Crippen LogP contribution in [0.25, 0.3) is 0 Å². The molecule has 3 N–H and O–H groups in total. The summed E-state index contributed by atoms with van der Waals surface area (Å²) in [5, 5.41) is 4.44. The first-order valence-corrected chi connectivity index (χ1v) is 7.59. The van der Waals surface area contributed by atoms with Crippen molar-refractivity contribution in [2.24, 2.45) is 12.9 Å². The molecule has 108 valence electrons. The lowest BCUT2D eigenvalue weighted by Crippen LogP contribution is -2.31. The predicted molar refractivity (Wildman–Crippen MR) is 85.2 cm³/mol. The molecule has 20 heavy (non-hydrogen) atoms. The molecule has 0 aliphatic carbocycles. The van der Waals surface area contributed by atoms with Crippen LogP contribution in [0, 0.1) is 6.92 Å². The molecule has 2 rings (SSSR count). The number of halogens is 1. The molecular weight excluding hydrogens is 316 g/mol. The second-order valence-electron chi connectivity index (χ2n) is 4.95. The summed E-state index contributed by atoms with van der Waals surface area (Å²) in [6.07, 6.45) is 1.80. The van der Waals surface area contributed by atoms with Crippen molar-refractivity contribution in [3.05, 3.63) is 51.3 Å². The van der Waals surface area contributed by atoms with Gasteiger partial charge < -0.3 is 0 Å². The van der Waals surface area contributed by atoms with Gasteiger partial charge in [-0.3, -0.25) is 16.0 Å². The summed E-state index contributed by atoms with van der Waals surface area (Å²) in [5.41, 5.74) is 7.67. The summed E-state index contributed by atoms with van der Waals surface area (Å²) in [5.74, 6) is 5.79. The Morgan fingerprint density at radius 1 is 1.40 bits per heavy atom. The lowest BCUT2D eigenvalue weighted by molar-refractivity contribution is 0.525. The molecule has 0 saturated heterocycles. The van der Waals surface area contributed by atoms with E-state index in [1.165, 1.54) is 11.1 Å². The Morgan fingerprint density at radius 2 is 2.10 bits per heavy atom. The highest BCUT2D eigenvalue weighted by molar-refractivity contribution is 9.10. The number of hydrazine groups is 1. The molecule has 5 heteroatoms.